The Morgan fingerprint density at radius 3 is 2.23 bits per heavy atom. The summed E-state index contributed by atoms with van der Waals surface area (Å²) < 4.78 is 5.14. The van der Waals surface area contributed by atoms with Crippen LogP contribution in [0.5, 0.6) is 5.75 Å². The fourth-order valence-electron chi connectivity index (χ4n) is 2.91. The van der Waals surface area contributed by atoms with E-state index in [0.717, 1.165) is 5.56 Å². The summed E-state index contributed by atoms with van der Waals surface area (Å²) in [4.78, 5) is 27.2. The van der Waals surface area contributed by atoms with E-state index in [1.54, 1.807) is 73.8 Å². The molecule has 3 rings (SSSR count). The number of carbonyl (C=O) groups is 2. The van der Waals surface area contributed by atoms with E-state index in [1.165, 1.54) is 4.90 Å². The van der Waals surface area contributed by atoms with Crippen LogP contribution in [0, 0.1) is 0 Å². The molecule has 0 aromatic heterocycles. The summed E-state index contributed by atoms with van der Waals surface area (Å²) in [6.45, 7) is 0.0955. The Morgan fingerprint density at radius 2 is 1.60 bits per heavy atom. The Balaban J connectivity index is 1.80. The smallest absolute Gasteiger partial charge is 0.254 e. The molecule has 3 aromatic carbocycles. The molecule has 1 N–H and O–H groups in total. The van der Waals surface area contributed by atoms with Crippen molar-refractivity contribution in [1.82, 2.24) is 4.90 Å². The number of anilines is 1. The molecular weight excluding hydrogens is 423 g/mol. The van der Waals surface area contributed by atoms with E-state index < -0.39 is 0 Å². The average molecular weight is 443 g/mol. The van der Waals surface area contributed by atoms with Gasteiger partial charge in [-0.05, 0) is 60.2 Å². The van der Waals surface area contributed by atoms with Gasteiger partial charge >= 0.3 is 0 Å². The molecule has 0 fully saturated rings. The van der Waals surface area contributed by atoms with Gasteiger partial charge in [-0.1, -0.05) is 41.4 Å². The summed E-state index contributed by atoms with van der Waals surface area (Å²) in [5.41, 5.74) is 1.83. The number of nitrogens with zero attached hydrogens (tertiary/aromatic N) is 1. The van der Waals surface area contributed by atoms with Crippen molar-refractivity contribution in [3.8, 4) is 5.75 Å². The molecule has 0 radical (unpaired) electrons. The molecule has 0 spiro atoms. The van der Waals surface area contributed by atoms with Crippen LogP contribution in [-0.4, -0.2) is 30.4 Å². The Labute approximate surface area is 185 Å². The maximum absolute atomic E-state index is 13.1. The molecule has 0 aliphatic heterocycles. The Kier molecular flexibility index (Phi) is 7.33. The summed E-state index contributed by atoms with van der Waals surface area (Å²) in [7, 11) is 1.56. The largest absolute Gasteiger partial charge is 0.497 e. The summed E-state index contributed by atoms with van der Waals surface area (Å²) in [6.07, 6.45) is 0. The number of hydrogen-bond acceptors (Lipinski definition) is 3. The molecule has 0 atom stereocenters. The minimum absolute atomic E-state index is 0.135. The van der Waals surface area contributed by atoms with E-state index in [2.05, 4.69) is 5.32 Å². The van der Waals surface area contributed by atoms with Crippen LogP contribution in [-0.2, 0) is 11.3 Å². The minimum Gasteiger partial charge on any atom is -0.497 e. The van der Waals surface area contributed by atoms with Crippen molar-refractivity contribution in [3.05, 3.63) is 94.0 Å². The van der Waals surface area contributed by atoms with Gasteiger partial charge in [0, 0.05) is 27.8 Å². The molecule has 0 unspecified atom stereocenters. The molecule has 0 aliphatic carbocycles. The summed E-state index contributed by atoms with van der Waals surface area (Å²) >= 11 is 12.0. The minimum atomic E-state index is -0.332. The second-order valence-electron chi connectivity index (χ2n) is 6.58. The van der Waals surface area contributed by atoms with E-state index in [0.29, 0.717) is 27.0 Å². The van der Waals surface area contributed by atoms with Gasteiger partial charge in [0.25, 0.3) is 5.91 Å². The lowest BCUT2D eigenvalue weighted by Crippen LogP contribution is -2.37. The molecule has 0 saturated carbocycles. The number of halogens is 2. The topological polar surface area (TPSA) is 58.6 Å². The summed E-state index contributed by atoms with van der Waals surface area (Å²) in [6, 6.07) is 20.8. The van der Waals surface area contributed by atoms with Crippen LogP contribution in [0.2, 0.25) is 10.0 Å². The first-order valence-electron chi connectivity index (χ1n) is 9.18. The van der Waals surface area contributed by atoms with E-state index in [4.69, 9.17) is 27.9 Å². The number of hydrogen-bond donors (Lipinski definition) is 1. The summed E-state index contributed by atoms with van der Waals surface area (Å²) in [5.74, 6) is 0.0340. The highest BCUT2D eigenvalue weighted by Gasteiger charge is 2.20. The van der Waals surface area contributed by atoms with Crippen molar-refractivity contribution in [2.45, 2.75) is 6.54 Å². The van der Waals surface area contributed by atoms with Crippen molar-refractivity contribution in [2.24, 2.45) is 0 Å². The van der Waals surface area contributed by atoms with Crippen molar-refractivity contribution >= 4 is 40.7 Å². The van der Waals surface area contributed by atoms with Crippen LogP contribution < -0.4 is 10.1 Å². The fraction of sp³-hybridized carbons (Fsp3) is 0.130. The normalized spacial score (nSPS) is 10.4. The third-order valence-electron chi connectivity index (χ3n) is 4.33. The third kappa shape index (κ3) is 5.99. The monoisotopic (exact) mass is 442 g/mol. The number of rotatable bonds is 7. The van der Waals surface area contributed by atoms with Crippen molar-refractivity contribution < 1.29 is 14.3 Å². The molecule has 2 amide bonds. The number of carbonyl (C=O) groups excluding carboxylic acids is 2. The van der Waals surface area contributed by atoms with Crippen molar-refractivity contribution in [3.63, 3.8) is 0 Å². The first-order valence-corrected chi connectivity index (χ1v) is 9.93. The van der Waals surface area contributed by atoms with Crippen LogP contribution in [0.1, 0.15) is 15.9 Å². The maximum Gasteiger partial charge on any atom is 0.254 e. The molecule has 5 nitrogen and oxygen atoms in total. The van der Waals surface area contributed by atoms with Gasteiger partial charge in [-0.3, -0.25) is 9.59 Å². The first-order chi connectivity index (χ1) is 14.4. The lowest BCUT2D eigenvalue weighted by atomic mass is 10.1. The van der Waals surface area contributed by atoms with E-state index in [9.17, 15) is 9.59 Å². The lowest BCUT2D eigenvalue weighted by molar-refractivity contribution is -0.117. The quantitative estimate of drug-likeness (QED) is 0.541. The molecular formula is C23H20Cl2N2O3. The molecule has 7 heteroatoms. The van der Waals surface area contributed by atoms with Gasteiger partial charge in [-0.2, -0.15) is 0 Å². The molecule has 0 saturated heterocycles. The number of amides is 2. The zero-order valence-electron chi connectivity index (χ0n) is 16.3. The highest BCUT2D eigenvalue weighted by atomic mass is 35.5. The van der Waals surface area contributed by atoms with Crippen LogP contribution >= 0.6 is 23.2 Å². The van der Waals surface area contributed by atoms with Crippen molar-refractivity contribution in [2.75, 3.05) is 19.0 Å². The van der Waals surface area contributed by atoms with Crippen molar-refractivity contribution in [1.29, 1.82) is 0 Å². The van der Waals surface area contributed by atoms with Gasteiger partial charge in [0.2, 0.25) is 5.91 Å². The second kappa shape index (κ2) is 10.1. The number of ether oxygens (including phenoxy) is 1. The van der Waals surface area contributed by atoms with Gasteiger partial charge < -0.3 is 15.0 Å². The Hall–Kier alpha value is -3.02. The molecule has 30 heavy (non-hydrogen) atoms. The molecule has 0 bridgehead atoms. The molecule has 3 aromatic rings. The van der Waals surface area contributed by atoms with Gasteiger partial charge in [-0.25, -0.2) is 0 Å². The van der Waals surface area contributed by atoms with E-state index >= 15 is 0 Å². The number of benzene rings is 3. The van der Waals surface area contributed by atoms with Gasteiger partial charge in [-0.15, -0.1) is 0 Å². The average Bonchev–Trinajstić information content (AvgIpc) is 2.73. The van der Waals surface area contributed by atoms with Gasteiger partial charge in [0.15, 0.2) is 0 Å². The van der Waals surface area contributed by atoms with Gasteiger partial charge in [0.1, 0.15) is 12.3 Å². The van der Waals surface area contributed by atoms with Crippen LogP contribution in [0.3, 0.4) is 0 Å². The first kappa shape index (κ1) is 21.7. The third-order valence-corrected chi connectivity index (χ3v) is 4.80. The highest BCUT2D eigenvalue weighted by molar-refractivity contribution is 6.31. The molecule has 154 valence electrons. The SMILES string of the molecule is COc1ccc(C(=O)N(CC(=O)Nc2cccc(Cl)c2)Cc2cccc(Cl)c2)cc1. The Bertz CT molecular complexity index is 1040. The molecule has 0 heterocycles. The van der Waals surface area contributed by atoms with Crippen LogP contribution in [0.4, 0.5) is 5.69 Å². The zero-order valence-corrected chi connectivity index (χ0v) is 17.8. The van der Waals surface area contributed by atoms with E-state index in [-0.39, 0.29) is 24.9 Å². The predicted molar refractivity (Wildman–Crippen MR) is 119 cm³/mol. The highest BCUT2D eigenvalue weighted by Crippen LogP contribution is 2.18. The standard InChI is InChI=1S/C23H20Cl2N2O3/c1-30-21-10-8-17(9-11-21)23(29)27(14-16-4-2-5-18(24)12-16)15-22(28)26-20-7-3-6-19(25)13-20/h2-13H,14-15H2,1H3,(H,26,28). The van der Waals surface area contributed by atoms with Crippen LogP contribution in [0.15, 0.2) is 72.8 Å². The maximum atomic E-state index is 13.1. The van der Waals surface area contributed by atoms with E-state index in [1.807, 2.05) is 6.07 Å². The van der Waals surface area contributed by atoms with Gasteiger partial charge in [0.05, 0.1) is 7.11 Å². The molecule has 0 aliphatic rings. The number of methoxy groups -OCH3 is 1. The predicted octanol–water partition coefficient (Wildman–Crippen LogP) is 5.28. The lowest BCUT2D eigenvalue weighted by Gasteiger charge is -2.23. The fourth-order valence-corrected chi connectivity index (χ4v) is 3.31. The zero-order chi connectivity index (χ0) is 21.5. The second-order valence-corrected chi connectivity index (χ2v) is 7.45. The summed E-state index contributed by atoms with van der Waals surface area (Å²) in [5, 5.41) is 3.85. The number of nitrogens with one attached hydrogen (secondary N) is 1. The Morgan fingerprint density at radius 1 is 0.933 bits per heavy atom. The van der Waals surface area contributed by atoms with Crippen LogP contribution in [0.25, 0.3) is 0 Å².